The summed E-state index contributed by atoms with van der Waals surface area (Å²) >= 11 is 7.01. The molecule has 1 aromatic heterocycles. The van der Waals surface area contributed by atoms with Gasteiger partial charge in [-0.2, -0.15) is 8.78 Å². The van der Waals surface area contributed by atoms with Crippen LogP contribution in [0, 0.1) is 5.82 Å². The van der Waals surface area contributed by atoms with Gasteiger partial charge in [-0.05, 0) is 30.3 Å². The SMILES string of the molecule is C=CCn1c(COc2ccccc2F)nnc1SCC(=O)Nc1ccc(OC(F)F)c(Cl)c1. The number of alkyl halides is 2. The van der Waals surface area contributed by atoms with E-state index in [2.05, 4.69) is 26.8 Å². The lowest BCUT2D eigenvalue weighted by Gasteiger charge is -2.10. The fourth-order valence-electron chi connectivity index (χ4n) is 2.65. The topological polar surface area (TPSA) is 78.3 Å². The summed E-state index contributed by atoms with van der Waals surface area (Å²) < 4.78 is 49.8. The number of nitrogens with one attached hydrogen (secondary N) is 1. The second kappa shape index (κ2) is 11.6. The number of rotatable bonds is 11. The van der Waals surface area contributed by atoms with Crippen molar-refractivity contribution in [3.63, 3.8) is 0 Å². The van der Waals surface area contributed by atoms with Crippen molar-refractivity contribution in [1.82, 2.24) is 14.8 Å². The first kappa shape index (κ1) is 24.5. The first-order valence-electron chi connectivity index (χ1n) is 9.44. The van der Waals surface area contributed by atoms with E-state index < -0.39 is 12.4 Å². The lowest BCUT2D eigenvalue weighted by molar-refractivity contribution is -0.113. The van der Waals surface area contributed by atoms with Crippen LogP contribution < -0.4 is 14.8 Å². The zero-order valence-corrected chi connectivity index (χ0v) is 18.6. The maximum atomic E-state index is 13.8. The van der Waals surface area contributed by atoms with Gasteiger partial charge in [0, 0.05) is 12.2 Å². The molecular weight excluding hydrogens is 481 g/mol. The summed E-state index contributed by atoms with van der Waals surface area (Å²) in [5.74, 6) is -0.563. The summed E-state index contributed by atoms with van der Waals surface area (Å²) in [6, 6.07) is 9.93. The van der Waals surface area contributed by atoms with Crippen molar-refractivity contribution in [2.24, 2.45) is 0 Å². The monoisotopic (exact) mass is 498 g/mol. The van der Waals surface area contributed by atoms with Gasteiger partial charge in [0.2, 0.25) is 5.91 Å². The Morgan fingerprint density at radius 3 is 2.73 bits per heavy atom. The molecule has 0 saturated carbocycles. The molecule has 0 saturated heterocycles. The number of carbonyl (C=O) groups is 1. The van der Waals surface area contributed by atoms with Crippen molar-refractivity contribution in [2.45, 2.75) is 24.9 Å². The number of ether oxygens (including phenoxy) is 2. The summed E-state index contributed by atoms with van der Waals surface area (Å²) in [7, 11) is 0. The summed E-state index contributed by atoms with van der Waals surface area (Å²) in [5, 5.41) is 11.1. The van der Waals surface area contributed by atoms with E-state index in [4.69, 9.17) is 16.3 Å². The Kier molecular flexibility index (Phi) is 8.61. The molecule has 0 fully saturated rings. The third-order valence-corrected chi connectivity index (χ3v) is 5.32. The number of allylic oxidation sites excluding steroid dienone is 1. The third-order valence-electron chi connectivity index (χ3n) is 4.06. The Balaban J connectivity index is 1.60. The number of halogens is 4. The van der Waals surface area contributed by atoms with Crippen LogP contribution in [0.2, 0.25) is 5.02 Å². The molecule has 12 heteroatoms. The summed E-state index contributed by atoms with van der Waals surface area (Å²) in [6.45, 7) is 1.02. The minimum atomic E-state index is -3.01. The number of benzene rings is 2. The maximum Gasteiger partial charge on any atom is 0.387 e. The van der Waals surface area contributed by atoms with E-state index in [-0.39, 0.29) is 34.8 Å². The average Bonchev–Trinajstić information content (AvgIpc) is 3.15. The molecule has 1 amide bonds. The quantitative estimate of drug-likeness (QED) is 0.290. The zero-order valence-electron chi connectivity index (χ0n) is 17.0. The van der Waals surface area contributed by atoms with Gasteiger partial charge in [-0.3, -0.25) is 9.36 Å². The number of thioether (sulfide) groups is 1. The van der Waals surface area contributed by atoms with E-state index in [1.54, 1.807) is 22.8 Å². The molecule has 0 spiro atoms. The van der Waals surface area contributed by atoms with E-state index in [1.807, 2.05) is 0 Å². The highest BCUT2D eigenvalue weighted by molar-refractivity contribution is 7.99. The van der Waals surface area contributed by atoms with Gasteiger partial charge < -0.3 is 14.8 Å². The van der Waals surface area contributed by atoms with Crippen LogP contribution in [0.3, 0.4) is 0 Å². The van der Waals surface area contributed by atoms with Gasteiger partial charge in [-0.15, -0.1) is 16.8 Å². The Morgan fingerprint density at radius 2 is 2.03 bits per heavy atom. The highest BCUT2D eigenvalue weighted by Crippen LogP contribution is 2.29. The number of hydrogen-bond donors (Lipinski definition) is 1. The summed E-state index contributed by atoms with van der Waals surface area (Å²) in [6.07, 6.45) is 1.63. The number of amides is 1. The lowest BCUT2D eigenvalue weighted by atomic mass is 10.3. The molecule has 7 nitrogen and oxygen atoms in total. The van der Waals surface area contributed by atoms with Gasteiger partial charge in [-0.1, -0.05) is 41.6 Å². The number of nitrogens with zero attached hydrogens (tertiary/aromatic N) is 3. The van der Waals surface area contributed by atoms with Crippen LogP contribution >= 0.6 is 23.4 Å². The summed E-state index contributed by atoms with van der Waals surface area (Å²) in [5.41, 5.74) is 0.318. The Hall–Kier alpha value is -3.18. The maximum absolute atomic E-state index is 13.8. The molecule has 3 aromatic rings. The number of anilines is 1. The molecule has 2 aromatic carbocycles. The molecule has 0 unspecified atom stereocenters. The van der Waals surface area contributed by atoms with Gasteiger partial charge in [0.25, 0.3) is 0 Å². The van der Waals surface area contributed by atoms with E-state index in [0.29, 0.717) is 23.2 Å². The van der Waals surface area contributed by atoms with Crippen LogP contribution in [0.25, 0.3) is 0 Å². The van der Waals surface area contributed by atoms with Crippen LogP contribution in [0.15, 0.2) is 60.3 Å². The van der Waals surface area contributed by atoms with Gasteiger partial charge in [0.05, 0.1) is 10.8 Å². The minimum Gasteiger partial charge on any atom is -0.483 e. The van der Waals surface area contributed by atoms with Crippen molar-refractivity contribution in [3.8, 4) is 11.5 Å². The third kappa shape index (κ3) is 6.90. The number of para-hydroxylation sites is 1. The molecule has 0 aliphatic carbocycles. The molecular formula is C21H18ClF3N4O3S. The zero-order chi connectivity index (χ0) is 23.8. The number of aromatic nitrogens is 3. The average molecular weight is 499 g/mol. The predicted molar refractivity (Wildman–Crippen MR) is 118 cm³/mol. The molecule has 1 heterocycles. The molecule has 174 valence electrons. The fraction of sp³-hybridized carbons (Fsp3) is 0.190. The Morgan fingerprint density at radius 1 is 1.24 bits per heavy atom. The smallest absolute Gasteiger partial charge is 0.387 e. The first-order valence-corrected chi connectivity index (χ1v) is 10.8. The number of carbonyl (C=O) groups excluding carboxylic acids is 1. The predicted octanol–water partition coefficient (Wildman–Crippen LogP) is 5.17. The Labute approximate surface area is 196 Å². The molecule has 3 rings (SSSR count). The highest BCUT2D eigenvalue weighted by atomic mass is 35.5. The largest absolute Gasteiger partial charge is 0.483 e. The van der Waals surface area contributed by atoms with Gasteiger partial charge in [0.15, 0.2) is 22.5 Å². The molecule has 0 radical (unpaired) electrons. The highest BCUT2D eigenvalue weighted by Gasteiger charge is 2.16. The fourth-order valence-corrected chi connectivity index (χ4v) is 3.64. The molecule has 0 atom stereocenters. The second-order valence-electron chi connectivity index (χ2n) is 6.38. The van der Waals surface area contributed by atoms with Crippen LogP contribution in [-0.4, -0.2) is 33.0 Å². The molecule has 1 N–H and O–H groups in total. The van der Waals surface area contributed by atoms with Crippen LogP contribution in [0.1, 0.15) is 5.82 Å². The molecule has 0 aliphatic rings. The summed E-state index contributed by atoms with van der Waals surface area (Å²) in [4.78, 5) is 12.3. The lowest BCUT2D eigenvalue weighted by Crippen LogP contribution is -2.15. The van der Waals surface area contributed by atoms with Gasteiger partial charge >= 0.3 is 6.61 Å². The number of hydrogen-bond acceptors (Lipinski definition) is 6. The van der Waals surface area contributed by atoms with E-state index in [1.165, 1.54) is 30.3 Å². The van der Waals surface area contributed by atoms with Gasteiger partial charge in [-0.25, -0.2) is 4.39 Å². The van der Waals surface area contributed by atoms with E-state index in [0.717, 1.165) is 11.8 Å². The van der Waals surface area contributed by atoms with Crippen molar-refractivity contribution in [2.75, 3.05) is 11.1 Å². The van der Waals surface area contributed by atoms with Crippen molar-refractivity contribution < 1.29 is 27.4 Å². The van der Waals surface area contributed by atoms with E-state index in [9.17, 15) is 18.0 Å². The molecule has 0 aliphatic heterocycles. The van der Waals surface area contributed by atoms with Crippen LogP contribution in [0.4, 0.5) is 18.9 Å². The van der Waals surface area contributed by atoms with Crippen molar-refractivity contribution in [1.29, 1.82) is 0 Å². The van der Waals surface area contributed by atoms with Gasteiger partial charge in [0.1, 0.15) is 12.4 Å². The minimum absolute atomic E-state index is 0.0175. The van der Waals surface area contributed by atoms with Crippen LogP contribution in [0.5, 0.6) is 11.5 Å². The molecule has 0 bridgehead atoms. The normalized spacial score (nSPS) is 10.8. The first-order chi connectivity index (χ1) is 15.9. The standard InChI is InChI=1S/C21H18ClF3N4O3S/c1-2-9-29-18(11-31-17-6-4-3-5-15(17)23)27-28-21(29)33-12-19(30)26-13-7-8-16(14(22)10-13)32-20(24)25/h2-8,10,20H,1,9,11-12H2,(H,26,30). The van der Waals surface area contributed by atoms with Crippen molar-refractivity contribution in [3.05, 3.63) is 71.8 Å². The Bertz CT molecular complexity index is 1130. The molecule has 33 heavy (non-hydrogen) atoms. The van der Waals surface area contributed by atoms with E-state index >= 15 is 0 Å². The van der Waals surface area contributed by atoms with Crippen molar-refractivity contribution >= 4 is 35.0 Å². The van der Waals surface area contributed by atoms with Crippen LogP contribution in [-0.2, 0) is 17.9 Å². The second-order valence-corrected chi connectivity index (χ2v) is 7.73.